The Labute approximate surface area is 156 Å². The summed E-state index contributed by atoms with van der Waals surface area (Å²) in [6, 6.07) is 4.07. The van der Waals surface area contributed by atoms with Gasteiger partial charge in [0.2, 0.25) is 5.91 Å². The number of halogens is 4. The first-order chi connectivity index (χ1) is 13.1. The number of anilines is 1. The minimum absolute atomic E-state index is 0.0881. The Hall–Kier alpha value is -3.43. The molecule has 2 N–H and O–H groups in total. The highest BCUT2D eigenvalue weighted by Gasteiger charge is 2.50. The summed E-state index contributed by atoms with van der Waals surface area (Å²) in [6.07, 6.45) is 0. The zero-order valence-electron chi connectivity index (χ0n) is 14.4. The molecule has 146 valence electrons. The molecular weight excluding hydrogens is 382 g/mol. The Kier molecular flexibility index (Phi) is 4.80. The summed E-state index contributed by atoms with van der Waals surface area (Å²) in [7, 11) is 0. The number of benzene rings is 2. The third kappa shape index (κ3) is 3.40. The van der Waals surface area contributed by atoms with Gasteiger partial charge in [0.15, 0.2) is 11.6 Å². The van der Waals surface area contributed by atoms with E-state index in [-0.39, 0.29) is 5.69 Å². The second-order valence-corrected chi connectivity index (χ2v) is 6.25. The number of rotatable bonds is 4. The van der Waals surface area contributed by atoms with Crippen molar-refractivity contribution in [3.63, 3.8) is 0 Å². The summed E-state index contributed by atoms with van der Waals surface area (Å²) in [6.45, 7) is 0.411. The molecule has 0 radical (unpaired) electrons. The average molecular weight is 395 g/mol. The minimum Gasteiger partial charge on any atom is -0.324 e. The van der Waals surface area contributed by atoms with E-state index in [0.29, 0.717) is 4.90 Å². The molecule has 1 aliphatic rings. The zero-order chi connectivity index (χ0) is 20.6. The van der Waals surface area contributed by atoms with Crippen molar-refractivity contribution in [2.75, 3.05) is 11.9 Å². The predicted octanol–water partition coefficient (Wildman–Crippen LogP) is 2.65. The van der Waals surface area contributed by atoms with Crippen LogP contribution in [0.2, 0.25) is 0 Å². The van der Waals surface area contributed by atoms with Crippen molar-refractivity contribution in [3.8, 4) is 0 Å². The Morgan fingerprint density at radius 2 is 1.71 bits per heavy atom. The number of imide groups is 1. The van der Waals surface area contributed by atoms with Gasteiger partial charge in [0.25, 0.3) is 5.91 Å². The maximum absolute atomic E-state index is 14.1. The number of hydrogen-bond donors (Lipinski definition) is 2. The Bertz CT molecular complexity index is 998. The smallest absolute Gasteiger partial charge is 0.324 e. The van der Waals surface area contributed by atoms with Gasteiger partial charge in [0.1, 0.15) is 23.7 Å². The van der Waals surface area contributed by atoms with Crippen molar-refractivity contribution in [1.82, 2.24) is 10.2 Å². The lowest BCUT2D eigenvalue weighted by atomic mass is 9.91. The SMILES string of the molecule is CC1(c2cc(F)ccc2F)NC(=O)N(CC(=O)Nc2ccc(F)c(F)c2)C1=O. The highest BCUT2D eigenvalue weighted by Crippen LogP contribution is 2.31. The molecule has 0 aromatic heterocycles. The summed E-state index contributed by atoms with van der Waals surface area (Å²) in [5.41, 5.74) is -2.39. The van der Waals surface area contributed by atoms with Gasteiger partial charge >= 0.3 is 6.03 Å². The molecule has 6 nitrogen and oxygen atoms in total. The first-order valence-electron chi connectivity index (χ1n) is 7.96. The van der Waals surface area contributed by atoms with Crippen LogP contribution in [0.3, 0.4) is 0 Å². The van der Waals surface area contributed by atoms with Crippen LogP contribution in [0.25, 0.3) is 0 Å². The van der Waals surface area contributed by atoms with E-state index in [1.54, 1.807) is 0 Å². The molecular formula is C18H13F4N3O3. The van der Waals surface area contributed by atoms with Crippen LogP contribution in [0.15, 0.2) is 36.4 Å². The maximum Gasteiger partial charge on any atom is 0.325 e. The van der Waals surface area contributed by atoms with Gasteiger partial charge in [0.05, 0.1) is 0 Å². The molecule has 2 aromatic rings. The molecule has 0 aliphatic carbocycles. The summed E-state index contributed by atoms with van der Waals surface area (Å²) in [5, 5.41) is 4.45. The second kappa shape index (κ2) is 6.95. The highest BCUT2D eigenvalue weighted by molar-refractivity contribution is 6.10. The van der Waals surface area contributed by atoms with Gasteiger partial charge in [-0.05, 0) is 37.3 Å². The molecule has 0 bridgehead atoms. The minimum atomic E-state index is -1.91. The normalized spacial score (nSPS) is 19.0. The number of urea groups is 1. The molecule has 1 heterocycles. The lowest BCUT2D eigenvalue weighted by Crippen LogP contribution is -2.42. The fraction of sp³-hybridized carbons (Fsp3) is 0.167. The van der Waals surface area contributed by atoms with Crippen molar-refractivity contribution in [2.45, 2.75) is 12.5 Å². The second-order valence-electron chi connectivity index (χ2n) is 6.25. The molecule has 3 rings (SSSR count). The number of hydrogen-bond acceptors (Lipinski definition) is 3. The van der Waals surface area contributed by atoms with Crippen LogP contribution < -0.4 is 10.6 Å². The van der Waals surface area contributed by atoms with Crippen LogP contribution in [-0.4, -0.2) is 29.3 Å². The molecule has 10 heteroatoms. The topological polar surface area (TPSA) is 78.5 Å². The Balaban J connectivity index is 1.79. The van der Waals surface area contributed by atoms with E-state index in [1.165, 1.54) is 6.92 Å². The van der Waals surface area contributed by atoms with Crippen molar-refractivity contribution in [3.05, 3.63) is 65.2 Å². The van der Waals surface area contributed by atoms with Gasteiger partial charge in [-0.1, -0.05) is 0 Å². The predicted molar refractivity (Wildman–Crippen MR) is 88.9 cm³/mol. The van der Waals surface area contributed by atoms with Gasteiger partial charge in [-0.25, -0.2) is 22.4 Å². The van der Waals surface area contributed by atoms with Crippen LogP contribution in [0, 0.1) is 23.3 Å². The van der Waals surface area contributed by atoms with E-state index in [2.05, 4.69) is 10.6 Å². The fourth-order valence-corrected chi connectivity index (χ4v) is 2.82. The van der Waals surface area contributed by atoms with Crippen molar-refractivity contribution < 1.29 is 31.9 Å². The molecule has 1 aliphatic heterocycles. The van der Waals surface area contributed by atoms with Crippen molar-refractivity contribution in [1.29, 1.82) is 0 Å². The molecule has 1 atom stereocenters. The molecule has 0 spiro atoms. The monoisotopic (exact) mass is 395 g/mol. The van der Waals surface area contributed by atoms with Crippen LogP contribution >= 0.6 is 0 Å². The largest absolute Gasteiger partial charge is 0.325 e. The van der Waals surface area contributed by atoms with Gasteiger partial charge in [0, 0.05) is 17.3 Å². The van der Waals surface area contributed by atoms with Crippen LogP contribution in [0.5, 0.6) is 0 Å². The van der Waals surface area contributed by atoms with Crippen LogP contribution in [0.4, 0.5) is 28.0 Å². The number of carbonyl (C=O) groups is 3. The van der Waals surface area contributed by atoms with Gasteiger partial charge < -0.3 is 10.6 Å². The zero-order valence-corrected chi connectivity index (χ0v) is 14.4. The molecule has 28 heavy (non-hydrogen) atoms. The summed E-state index contributed by atoms with van der Waals surface area (Å²) in [5.74, 6) is -5.87. The summed E-state index contributed by atoms with van der Waals surface area (Å²) in [4.78, 5) is 37.4. The summed E-state index contributed by atoms with van der Waals surface area (Å²) >= 11 is 0. The van der Waals surface area contributed by atoms with E-state index in [0.717, 1.165) is 36.4 Å². The lowest BCUT2D eigenvalue weighted by Gasteiger charge is -2.22. The standard InChI is InChI=1S/C18H13F4N3O3/c1-18(11-6-9(19)2-4-12(11)20)16(27)25(17(28)24-18)8-15(26)23-10-3-5-13(21)14(22)7-10/h2-7H,8H2,1H3,(H,23,26)(H,24,28). The van der Waals surface area contributed by atoms with E-state index in [4.69, 9.17) is 0 Å². The third-order valence-corrected chi connectivity index (χ3v) is 4.25. The molecule has 0 saturated carbocycles. The molecule has 2 aromatic carbocycles. The van der Waals surface area contributed by atoms with Crippen molar-refractivity contribution in [2.24, 2.45) is 0 Å². The van der Waals surface area contributed by atoms with Gasteiger partial charge in [-0.3, -0.25) is 14.5 Å². The van der Waals surface area contributed by atoms with Gasteiger partial charge in [-0.2, -0.15) is 0 Å². The highest BCUT2D eigenvalue weighted by atomic mass is 19.2. The molecule has 1 saturated heterocycles. The summed E-state index contributed by atoms with van der Waals surface area (Å²) < 4.78 is 53.7. The van der Waals surface area contributed by atoms with Crippen LogP contribution in [0.1, 0.15) is 12.5 Å². The maximum atomic E-state index is 14.1. The Morgan fingerprint density at radius 3 is 2.39 bits per heavy atom. The fourth-order valence-electron chi connectivity index (χ4n) is 2.82. The number of nitrogens with one attached hydrogen (secondary N) is 2. The number of carbonyl (C=O) groups excluding carboxylic acids is 3. The van der Waals surface area contributed by atoms with E-state index in [9.17, 15) is 31.9 Å². The first kappa shape index (κ1) is 19.3. The lowest BCUT2D eigenvalue weighted by molar-refractivity contribution is -0.133. The number of nitrogens with zero attached hydrogens (tertiary/aromatic N) is 1. The quantitative estimate of drug-likeness (QED) is 0.617. The van der Waals surface area contributed by atoms with Crippen LogP contribution in [-0.2, 0) is 15.1 Å². The van der Waals surface area contributed by atoms with E-state index >= 15 is 0 Å². The molecule has 1 unspecified atom stereocenters. The molecule has 4 amide bonds. The average Bonchev–Trinajstić information content (AvgIpc) is 2.84. The number of amides is 4. The van der Waals surface area contributed by atoms with Gasteiger partial charge in [-0.15, -0.1) is 0 Å². The van der Waals surface area contributed by atoms with E-state index in [1.807, 2.05) is 0 Å². The van der Waals surface area contributed by atoms with Crippen molar-refractivity contribution >= 4 is 23.5 Å². The molecule has 1 fully saturated rings. The van der Waals surface area contributed by atoms with E-state index < -0.39 is 58.8 Å². The Morgan fingerprint density at radius 1 is 1.04 bits per heavy atom. The third-order valence-electron chi connectivity index (χ3n) is 4.25. The first-order valence-corrected chi connectivity index (χ1v) is 7.96.